The maximum Gasteiger partial charge on any atom is 0.188 e. The van der Waals surface area contributed by atoms with Gasteiger partial charge in [0.1, 0.15) is 11.6 Å². The summed E-state index contributed by atoms with van der Waals surface area (Å²) in [5.74, 6) is 0.489. The number of aliphatic imine (C=N–C) groups is 1. The SMILES string of the molecule is COc1cc(F)cc(CN=C(N)NCCc2cccs2)c1. The lowest BCUT2D eigenvalue weighted by atomic mass is 10.2. The van der Waals surface area contributed by atoms with Crippen LogP contribution in [0.25, 0.3) is 0 Å². The van der Waals surface area contributed by atoms with Crippen LogP contribution in [0.2, 0.25) is 0 Å². The van der Waals surface area contributed by atoms with Crippen molar-refractivity contribution in [2.75, 3.05) is 13.7 Å². The van der Waals surface area contributed by atoms with E-state index in [4.69, 9.17) is 10.5 Å². The monoisotopic (exact) mass is 307 g/mol. The van der Waals surface area contributed by atoms with Gasteiger partial charge in [-0.1, -0.05) is 6.07 Å². The van der Waals surface area contributed by atoms with E-state index in [9.17, 15) is 4.39 Å². The quantitative estimate of drug-likeness (QED) is 0.637. The maximum atomic E-state index is 13.3. The largest absolute Gasteiger partial charge is 0.497 e. The number of halogens is 1. The number of nitrogens with zero attached hydrogens (tertiary/aromatic N) is 1. The normalized spacial score (nSPS) is 11.4. The van der Waals surface area contributed by atoms with Crippen molar-refractivity contribution in [2.45, 2.75) is 13.0 Å². The van der Waals surface area contributed by atoms with Crippen LogP contribution in [0.5, 0.6) is 5.75 Å². The molecule has 0 saturated carbocycles. The van der Waals surface area contributed by atoms with Crippen LogP contribution in [-0.4, -0.2) is 19.6 Å². The third-order valence-electron chi connectivity index (χ3n) is 2.86. The van der Waals surface area contributed by atoms with Gasteiger partial charge in [0.05, 0.1) is 13.7 Å². The first-order valence-electron chi connectivity index (χ1n) is 6.57. The number of methoxy groups -OCH3 is 1. The number of benzene rings is 1. The van der Waals surface area contributed by atoms with Crippen LogP contribution < -0.4 is 15.8 Å². The fraction of sp³-hybridized carbons (Fsp3) is 0.267. The predicted molar refractivity (Wildman–Crippen MR) is 84.3 cm³/mol. The Kier molecular flexibility index (Phi) is 5.57. The van der Waals surface area contributed by atoms with E-state index in [1.165, 1.54) is 24.1 Å². The van der Waals surface area contributed by atoms with Crippen LogP contribution in [0.3, 0.4) is 0 Å². The van der Waals surface area contributed by atoms with E-state index in [2.05, 4.69) is 16.4 Å². The molecule has 1 aromatic heterocycles. The molecule has 0 amide bonds. The molecule has 0 atom stereocenters. The van der Waals surface area contributed by atoms with Gasteiger partial charge < -0.3 is 15.8 Å². The topological polar surface area (TPSA) is 59.6 Å². The Hall–Kier alpha value is -2.08. The summed E-state index contributed by atoms with van der Waals surface area (Å²) >= 11 is 1.71. The van der Waals surface area contributed by atoms with Crippen LogP contribution >= 0.6 is 11.3 Å². The third-order valence-corrected chi connectivity index (χ3v) is 3.79. The zero-order valence-corrected chi connectivity index (χ0v) is 12.6. The van der Waals surface area contributed by atoms with Crippen LogP contribution in [0.1, 0.15) is 10.4 Å². The molecular weight excluding hydrogens is 289 g/mol. The number of hydrogen-bond donors (Lipinski definition) is 2. The highest BCUT2D eigenvalue weighted by molar-refractivity contribution is 7.09. The maximum absolute atomic E-state index is 13.3. The molecule has 2 aromatic rings. The molecule has 21 heavy (non-hydrogen) atoms. The Morgan fingerprint density at radius 2 is 2.29 bits per heavy atom. The average Bonchev–Trinajstić information content (AvgIpc) is 2.98. The Morgan fingerprint density at radius 3 is 3.00 bits per heavy atom. The van der Waals surface area contributed by atoms with Crippen LogP contribution in [-0.2, 0) is 13.0 Å². The molecule has 2 rings (SSSR count). The molecule has 3 N–H and O–H groups in total. The lowest BCUT2D eigenvalue weighted by Crippen LogP contribution is -2.33. The van der Waals surface area contributed by atoms with E-state index >= 15 is 0 Å². The van der Waals surface area contributed by atoms with Gasteiger partial charge in [0.15, 0.2) is 5.96 Å². The lowest BCUT2D eigenvalue weighted by molar-refractivity contribution is 0.410. The number of rotatable bonds is 6. The van der Waals surface area contributed by atoms with Crippen LogP contribution in [0.4, 0.5) is 4.39 Å². The summed E-state index contributed by atoms with van der Waals surface area (Å²) in [6.45, 7) is 1.04. The van der Waals surface area contributed by atoms with Gasteiger partial charge in [0.2, 0.25) is 0 Å². The molecule has 6 heteroatoms. The standard InChI is InChI=1S/C15H18FN3OS/c1-20-13-8-11(7-12(16)9-13)10-19-15(17)18-5-4-14-3-2-6-21-14/h2-3,6-9H,4-5,10H2,1H3,(H3,17,18,19). The predicted octanol–water partition coefficient (Wildman–Crippen LogP) is 2.54. The van der Waals surface area contributed by atoms with E-state index in [0.717, 1.165) is 18.5 Å². The minimum absolute atomic E-state index is 0.311. The van der Waals surface area contributed by atoms with Gasteiger partial charge in [-0.15, -0.1) is 11.3 Å². The van der Waals surface area contributed by atoms with Crippen molar-refractivity contribution in [3.05, 3.63) is 52.0 Å². The molecule has 0 aliphatic rings. The molecule has 0 saturated heterocycles. The summed E-state index contributed by atoms with van der Waals surface area (Å²) in [5, 5.41) is 5.09. The molecule has 0 fully saturated rings. The fourth-order valence-electron chi connectivity index (χ4n) is 1.83. The summed E-state index contributed by atoms with van der Waals surface area (Å²) in [6, 6.07) is 8.60. The van der Waals surface area contributed by atoms with E-state index in [1.807, 2.05) is 11.4 Å². The van der Waals surface area contributed by atoms with Crippen LogP contribution in [0.15, 0.2) is 40.7 Å². The highest BCUT2D eigenvalue weighted by Gasteiger charge is 2.01. The van der Waals surface area contributed by atoms with Gasteiger partial charge in [0, 0.05) is 17.5 Å². The zero-order chi connectivity index (χ0) is 15.1. The molecule has 0 aliphatic carbocycles. The molecule has 112 valence electrons. The molecule has 4 nitrogen and oxygen atoms in total. The lowest BCUT2D eigenvalue weighted by Gasteiger charge is -2.06. The van der Waals surface area contributed by atoms with Gasteiger partial charge in [-0.05, 0) is 35.6 Å². The fourth-order valence-corrected chi connectivity index (χ4v) is 2.54. The summed E-state index contributed by atoms with van der Waals surface area (Å²) in [5.41, 5.74) is 6.50. The molecular formula is C15H18FN3OS. The summed E-state index contributed by atoms with van der Waals surface area (Å²) < 4.78 is 18.3. The van der Waals surface area contributed by atoms with Gasteiger partial charge in [-0.3, -0.25) is 0 Å². The Balaban J connectivity index is 1.83. The number of nitrogens with one attached hydrogen (secondary N) is 1. The van der Waals surface area contributed by atoms with Gasteiger partial charge in [-0.25, -0.2) is 9.38 Å². The van der Waals surface area contributed by atoms with Gasteiger partial charge in [0.25, 0.3) is 0 Å². The second kappa shape index (κ2) is 7.64. The Morgan fingerprint density at radius 1 is 1.43 bits per heavy atom. The molecule has 0 radical (unpaired) electrons. The number of thiophene rings is 1. The van der Waals surface area contributed by atoms with E-state index in [0.29, 0.717) is 18.3 Å². The summed E-state index contributed by atoms with van der Waals surface area (Å²) in [4.78, 5) is 5.49. The summed E-state index contributed by atoms with van der Waals surface area (Å²) in [7, 11) is 1.50. The highest BCUT2D eigenvalue weighted by atomic mass is 32.1. The second-order valence-corrected chi connectivity index (χ2v) is 5.49. The second-order valence-electron chi connectivity index (χ2n) is 4.46. The number of hydrogen-bond acceptors (Lipinski definition) is 3. The minimum atomic E-state index is -0.344. The highest BCUT2D eigenvalue weighted by Crippen LogP contribution is 2.16. The zero-order valence-electron chi connectivity index (χ0n) is 11.8. The number of ether oxygens (including phenoxy) is 1. The first-order valence-corrected chi connectivity index (χ1v) is 7.45. The molecule has 0 bridgehead atoms. The minimum Gasteiger partial charge on any atom is -0.497 e. The van der Waals surface area contributed by atoms with Crippen molar-refractivity contribution in [3.63, 3.8) is 0 Å². The van der Waals surface area contributed by atoms with E-state index in [-0.39, 0.29) is 5.82 Å². The molecule has 1 heterocycles. The molecule has 1 aromatic carbocycles. The van der Waals surface area contributed by atoms with Crippen molar-refractivity contribution in [2.24, 2.45) is 10.7 Å². The van der Waals surface area contributed by atoms with Crippen LogP contribution in [0, 0.1) is 5.82 Å². The molecule has 0 unspecified atom stereocenters. The van der Waals surface area contributed by atoms with Gasteiger partial charge in [-0.2, -0.15) is 0 Å². The Bertz CT molecular complexity index is 599. The van der Waals surface area contributed by atoms with Crippen molar-refractivity contribution in [3.8, 4) is 5.75 Å². The Labute approximate surface area is 127 Å². The first kappa shape index (κ1) is 15.3. The number of guanidine groups is 1. The first-order chi connectivity index (χ1) is 10.2. The smallest absolute Gasteiger partial charge is 0.188 e. The van der Waals surface area contributed by atoms with Crippen molar-refractivity contribution in [1.29, 1.82) is 0 Å². The molecule has 0 spiro atoms. The van der Waals surface area contributed by atoms with Crippen molar-refractivity contribution >= 4 is 17.3 Å². The molecule has 0 aliphatic heterocycles. The van der Waals surface area contributed by atoms with Crippen molar-refractivity contribution < 1.29 is 9.13 Å². The van der Waals surface area contributed by atoms with E-state index in [1.54, 1.807) is 17.4 Å². The van der Waals surface area contributed by atoms with E-state index < -0.39 is 0 Å². The summed E-state index contributed by atoms with van der Waals surface area (Å²) in [6.07, 6.45) is 0.904. The van der Waals surface area contributed by atoms with Crippen molar-refractivity contribution in [1.82, 2.24) is 5.32 Å². The third kappa shape index (κ3) is 5.07. The average molecular weight is 307 g/mol. The van der Waals surface area contributed by atoms with Gasteiger partial charge >= 0.3 is 0 Å². The number of nitrogens with two attached hydrogens (primary N) is 1.